The fourth-order valence-corrected chi connectivity index (χ4v) is 1.42. The van der Waals surface area contributed by atoms with E-state index in [-0.39, 0.29) is 5.54 Å². The highest BCUT2D eigenvalue weighted by molar-refractivity contribution is 5.06. The van der Waals surface area contributed by atoms with E-state index in [2.05, 4.69) is 6.92 Å². The van der Waals surface area contributed by atoms with Gasteiger partial charge in [0.25, 0.3) is 0 Å². The average Bonchev–Trinajstić information content (AvgIpc) is 2.15. The van der Waals surface area contributed by atoms with Crippen molar-refractivity contribution in [1.29, 1.82) is 0 Å². The maximum Gasteiger partial charge on any atom is 0.0291 e. The third-order valence-corrected chi connectivity index (χ3v) is 2.12. The molecular weight excluding hydrogens is 126 g/mol. The van der Waals surface area contributed by atoms with Gasteiger partial charge in [0.15, 0.2) is 0 Å². The Labute approximate surface area is 62.1 Å². The molecule has 0 aliphatic carbocycles. The smallest absolute Gasteiger partial charge is 0.0291 e. The summed E-state index contributed by atoms with van der Waals surface area (Å²) in [7, 11) is 0. The Bertz CT molecular complexity index is 144. The van der Waals surface area contributed by atoms with Crippen molar-refractivity contribution in [2.75, 3.05) is 0 Å². The van der Waals surface area contributed by atoms with Gasteiger partial charge in [0.1, 0.15) is 0 Å². The first-order chi connectivity index (χ1) is 4.69. The predicted octanol–water partition coefficient (Wildman–Crippen LogP) is 2.26. The van der Waals surface area contributed by atoms with Crippen LogP contribution in [0.3, 0.4) is 0 Å². The van der Waals surface area contributed by atoms with E-state index in [0.717, 1.165) is 24.3 Å². The Kier molecular flexibility index (Phi) is 2.00. The molecule has 1 aliphatic heterocycles. The third kappa shape index (κ3) is 1.16. The molecule has 58 valence electrons. The minimum absolute atomic E-state index is 0.130. The Morgan fingerprint density at radius 1 is 1.70 bits per heavy atom. The summed E-state index contributed by atoms with van der Waals surface area (Å²) in [6.07, 6.45) is 6.56. The fraction of sp³-hybridized carbons (Fsp3) is 0.750. The quantitative estimate of drug-likeness (QED) is 0.588. The van der Waals surface area contributed by atoms with Gasteiger partial charge in [0, 0.05) is 5.54 Å². The lowest BCUT2D eigenvalue weighted by molar-refractivity contribution is 0.234. The summed E-state index contributed by atoms with van der Waals surface area (Å²) in [6.45, 7) is 4.13. The molecule has 0 aromatic rings. The molecule has 1 atom stereocenters. The van der Waals surface area contributed by atoms with Gasteiger partial charge in [0.2, 0.25) is 0 Å². The van der Waals surface area contributed by atoms with Crippen LogP contribution in [0.2, 0.25) is 0 Å². The Morgan fingerprint density at radius 2 is 2.40 bits per heavy atom. The summed E-state index contributed by atoms with van der Waals surface area (Å²) in [6, 6.07) is 0. The first kappa shape index (κ1) is 7.61. The highest BCUT2D eigenvalue weighted by Crippen LogP contribution is 2.29. The summed E-state index contributed by atoms with van der Waals surface area (Å²) in [5, 5.41) is 12.2. The second kappa shape index (κ2) is 2.62. The van der Waals surface area contributed by atoms with Crippen molar-refractivity contribution in [2.45, 2.75) is 38.6 Å². The molecule has 1 rings (SSSR count). The summed E-state index contributed by atoms with van der Waals surface area (Å²) >= 11 is 0. The van der Waals surface area contributed by atoms with Crippen LogP contribution in [0, 0.1) is 5.21 Å². The molecule has 1 heterocycles. The van der Waals surface area contributed by atoms with E-state index in [4.69, 9.17) is 0 Å². The van der Waals surface area contributed by atoms with Gasteiger partial charge in [-0.05, 0) is 26.0 Å². The molecular formula is C8H14NO-. The minimum Gasteiger partial charge on any atom is -0.758 e. The molecule has 0 saturated carbocycles. The lowest BCUT2D eigenvalue weighted by Crippen LogP contribution is -2.35. The monoisotopic (exact) mass is 140 g/mol. The molecule has 0 amide bonds. The molecule has 0 aromatic carbocycles. The Hall–Kier alpha value is -0.500. The van der Waals surface area contributed by atoms with Gasteiger partial charge in [-0.1, -0.05) is 19.4 Å². The zero-order valence-corrected chi connectivity index (χ0v) is 6.63. The summed E-state index contributed by atoms with van der Waals surface area (Å²) in [4.78, 5) is 0. The van der Waals surface area contributed by atoms with E-state index in [1.54, 1.807) is 6.20 Å². The first-order valence-corrected chi connectivity index (χ1v) is 3.82. The van der Waals surface area contributed by atoms with Gasteiger partial charge in [-0.3, -0.25) is 0 Å². The van der Waals surface area contributed by atoms with E-state index < -0.39 is 0 Å². The Morgan fingerprint density at radius 3 is 2.80 bits per heavy atom. The second-order valence-corrected chi connectivity index (χ2v) is 3.16. The molecule has 2 heteroatoms. The van der Waals surface area contributed by atoms with E-state index in [1.807, 2.05) is 13.0 Å². The van der Waals surface area contributed by atoms with Gasteiger partial charge >= 0.3 is 0 Å². The zero-order chi connectivity index (χ0) is 7.61. The fourth-order valence-electron chi connectivity index (χ4n) is 1.42. The number of hydroxylamine groups is 2. The predicted molar refractivity (Wildman–Crippen MR) is 42.3 cm³/mol. The highest BCUT2D eigenvalue weighted by Gasteiger charge is 2.25. The van der Waals surface area contributed by atoms with E-state index in [0.29, 0.717) is 0 Å². The van der Waals surface area contributed by atoms with Crippen LogP contribution in [0.1, 0.15) is 33.1 Å². The van der Waals surface area contributed by atoms with Crippen molar-refractivity contribution < 1.29 is 0 Å². The molecule has 0 fully saturated rings. The normalized spacial score (nSPS) is 31.7. The van der Waals surface area contributed by atoms with Gasteiger partial charge in [-0.15, -0.1) is 0 Å². The van der Waals surface area contributed by atoms with Crippen LogP contribution >= 0.6 is 0 Å². The SMILES string of the molecule is CCCC1(C)CC=CN1[O-]. The maximum absolute atomic E-state index is 11.1. The Balaban J connectivity index is 2.52. The van der Waals surface area contributed by atoms with Gasteiger partial charge in [-0.2, -0.15) is 0 Å². The van der Waals surface area contributed by atoms with Crippen LogP contribution in [0.25, 0.3) is 0 Å². The number of hydrogen-bond acceptors (Lipinski definition) is 2. The van der Waals surface area contributed by atoms with Crippen LogP contribution in [0.4, 0.5) is 0 Å². The standard InChI is InChI=1S/C8H14NO/c1-3-5-8(2)6-4-7-9(8)10/h4,7H,3,5-6H2,1-2H3/q-1. The van der Waals surface area contributed by atoms with Crippen molar-refractivity contribution in [3.8, 4) is 0 Å². The van der Waals surface area contributed by atoms with Crippen molar-refractivity contribution >= 4 is 0 Å². The number of nitrogens with zero attached hydrogens (tertiary/aromatic N) is 1. The largest absolute Gasteiger partial charge is 0.758 e. The molecule has 0 N–H and O–H groups in total. The van der Waals surface area contributed by atoms with E-state index in [9.17, 15) is 5.21 Å². The van der Waals surface area contributed by atoms with Gasteiger partial charge < -0.3 is 10.3 Å². The molecule has 0 radical (unpaired) electrons. The summed E-state index contributed by atoms with van der Waals surface area (Å²) in [5.74, 6) is 0. The molecule has 10 heavy (non-hydrogen) atoms. The third-order valence-electron chi connectivity index (χ3n) is 2.12. The molecule has 1 unspecified atom stereocenters. The molecule has 0 aromatic heterocycles. The van der Waals surface area contributed by atoms with Crippen LogP contribution < -0.4 is 0 Å². The molecule has 1 aliphatic rings. The highest BCUT2D eigenvalue weighted by atomic mass is 16.5. The van der Waals surface area contributed by atoms with Gasteiger partial charge in [0.05, 0.1) is 0 Å². The van der Waals surface area contributed by atoms with Crippen LogP contribution in [0.15, 0.2) is 12.3 Å². The number of rotatable bonds is 2. The molecule has 2 nitrogen and oxygen atoms in total. The van der Waals surface area contributed by atoms with Crippen molar-refractivity contribution in [3.63, 3.8) is 0 Å². The van der Waals surface area contributed by atoms with Crippen molar-refractivity contribution in [3.05, 3.63) is 17.5 Å². The molecule has 0 saturated heterocycles. The van der Waals surface area contributed by atoms with Crippen LogP contribution in [-0.2, 0) is 0 Å². The second-order valence-electron chi connectivity index (χ2n) is 3.16. The molecule has 0 bridgehead atoms. The van der Waals surface area contributed by atoms with Crippen LogP contribution in [0.5, 0.6) is 0 Å². The average molecular weight is 140 g/mol. The maximum atomic E-state index is 11.1. The lowest BCUT2D eigenvalue weighted by atomic mass is 9.94. The van der Waals surface area contributed by atoms with Crippen molar-refractivity contribution in [2.24, 2.45) is 0 Å². The van der Waals surface area contributed by atoms with E-state index in [1.165, 1.54) is 0 Å². The summed E-state index contributed by atoms with van der Waals surface area (Å²) < 4.78 is 0. The summed E-state index contributed by atoms with van der Waals surface area (Å²) in [5.41, 5.74) is -0.130. The minimum atomic E-state index is -0.130. The van der Waals surface area contributed by atoms with Gasteiger partial charge in [-0.25, -0.2) is 0 Å². The first-order valence-electron chi connectivity index (χ1n) is 3.82. The molecule has 0 spiro atoms. The van der Waals surface area contributed by atoms with Crippen molar-refractivity contribution in [1.82, 2.24) is 5.06 Å². The van der Waals surface area contributed by atoms with Crippen LogP contribution in [-0.4, -0.2) is 10.6 Å². The number of hydrogen-bond donors (Lipinski definition) is 0. The van der Waals surface area contributed by atoms with E-state index >= 15 is 0 Å². The topological polar surface area (TPSA) is 26.3 Å². The lowest BCUT2D eigenvalue weighted by Gasteiger charge is -2.41. The zero-order valence-electron chi connectivity index (χ0n) is 6.63.